The highest BCUT2D eigenvalue weighted by molar-refractivity contribution is 6.02. The smallest absolute Gasteiger partial charge is 0.245 e. The van der Waals surface area contributed by atoms with E-state index in [1.807, 2.05) is 25.1 Å². The monoisotopic (exact) mass is 457 g/mol. The number of amides is 3. The first-order chi connectivity index (χ1) is 15.8. The predicted molar refractivity (Wildman–Crippen MR) is 123 cm³/mol. The topological polar surface area (TPSA) is 108 Å². The fraction of sp³-hybridized carbons (Fsp3) is 0.640. The molecule has 8 nitrogen and oxygen atoms in total. The van der Waals surface area contributed by atoms with E-state index in [0.717, 1.165) is 19.3 Å². The van der Waals surface area contributed by atoms with E-state index in [4.69, 9.17) is 4.74 Å². The predicted octanol–water partition coefficient (Wildman–Crippen LogP) is 2.08. The summed E-state index contributed by atoms with van der Waals surface area (Å²) in [5.74, 6) is -2.31. The molecule has 2 bridgehead atoms. The van der Waals surface area contributed by atoms with Crippen LogP contribution in [0, 0.1) is 11.8 Å². The lowest BCUT2D eigenvalue weighted by atomic mass is 9.66. The lowest BCUT2D eigenvalue weighted by Crippen LogP contribution is -2.57. The molecule has 3 aliphatic rings. The van der Waals surface area contributed by atoms with E-state index >= 15 is 0 Å². The first kappa shape index (κ1) is 23.7. The van der Waals surface area contributed by atoms with Gasteiger partial charge in [0.1, 0.15) is 11.6 Å². The summed E-state index contributed by atoms with van der Waals surface area (Å²) in [5, 5.41) is 15.8. The lowest BCUT2D eigenvalue weighted by Gasteiger charge is -2.35. The number of hydrogen-bond donors (Lipinski definition) is 3. The number of unbranched alkanes of at least 4 members (excludes halogenated alkanes) is 2. The second-order valence-corrected chi connectivity index (χ2v) is 9.86. The van der Waals surface area contributed by atoms with Gasteiger partial charge in [0.15, 0.2) is 0 Å². The number of rotatable bonds is 9. The van der Waals surface area contributed by atoms with E-state index in [-0.39, 0.29) is 24.3 Å². The Bertz CT molecular complexity index is 909. The Labute approximate surface area is 195 Å². The van der Waals surface area contributed by atoms with Gasteiger partial charge < -0.3 is 25.4 Å². The second kappa shape index (κ2) is 9.06. The van der Waals surface area contributed by atoms with Crippen LogP contribution >= 0.6 is 0 Å². The molecule has 0 aromatic heterocycles. The number of fused-ring (bicyclic) bond motifs is 1. The van der Waals surface area contributed by atoms with Crippen LogP contribution in [0.15, 0.2) is 30.3 Å². The standard InChI is InChI=1S/C25H35N3O5/c1-4-5-9-14-26-22(31)20-25-13-12-24(3,33-25)18(19(25)23(32)28(20)16(2)15-29)21(30)27-17-10-7-6-8-11-17/h6-8,10-11,16,18-20,29H,4-5,9,12-15H2,1-3H3,(H,26,31)(H,27,30)/t16-,18+,19+,20?,24-,25?/m1/s1. The third-order valence-electron chi connectivity index (χ3n) is 7.61. The SMILES string of the molecule is CCCCCNC(=O)C1N([C@H](C)CO)C(=O)[C@@H]2[C@@H](C(=O)Nc3ccccc3)[C@@]3(C)CCC12O3. The molecule has 8 heteroatoms. The molecule has 2 unspecified atom stereocenters. The van der Waals surface area contributed by atoms with Crippen LogP contribution in [0.2, 0.25) is 0 Å². The van der Waals surface area contributed by atoms with Gasteiger partial charge in [0, 0.05) is 12.2 Å². The molecule has 33 heavy (non-hydrogen) atoms. The second-order valence-electron chi connectivity index (χ2n) is 9.86. The Morgan fingerprint density at radius 1 is 1.21 bits per heavy atom. The summed E-state index contributed by atoms with van der Waals surface area (Å²) in [6, 6.07) is 7.71. The van der Waals surface area contributed by atoms with Crippen LogP contribution in [-0.2, 0) is 19.1 Å². The Hall–Kier alpha value is -2.45. The summed E-state index contributed by atoms with van der Waals surface area (Å²) < 4.78 is 6.53. The number of hydrogen-bond acceptors (Lipinski definition) is 5. The van der Waals surface area contributed by atoms with Crippen LogP contribution in [0.5, 0.6) is 0 Å². The van der Waals surface area contributed by atoms with Gasteiger partial charge in [0.05, 0.1) is 30.1 Å². The molecule has 4 rings (SSSR count). The van der Waals surface area contributed by atoms with Crippen molar-refractivity contribution in [2.45, 2.75) is 76.2 Å². The fourth-order valence-corrected chi connectivity index (χ4v) is 6.05. The van der Waals surface area contributed by atoms with Crippen molar-refractivity contribution in [2.75, 3.05) is 18.5 Å². The number of ether oxygens (including phenoxy) is 1. The van der Waals surface area contributed by atoms with Crippen molar-refractivity contribution < 1.29 is 24.2 Å². The zero-order chi connectivity index (χ0) is 23.8. The van der Waals surface area contributed by atoms with E-state index < -0.39 is 35.1 Å². The molecule has 180 valence electrons. The van der Waals surface area contributed by atoms with Crippen LogP contribution in [0.1, 0.15) is 52.9 Å². The number of likely N-dealkylation sites (tertiary alicyclic amines) is 1. The van der Waals surface area contributed by atoms with Gasteiger partial charge in [0.2, 0.25) is 17.7 Å². The summed E-state index contributed by atoms with van der Waals surface area (Å²) in [6.07, 6.45) is 4.01. The molecule has 0 radical (unpaired) electrons. The van der Waals surface area contributed by atoms with Crippen molar-refractivity contribution in [3.05, 3.63) is 30.3 Å². The molecule has 6 atom stereocenters. The summed E-state index contributed by atoms with van der Waals surface area (Å²) in [7, 11) is 0. The maximum Gasteiger partial charge on any atom is 0.245 e. The highest BCUT2D eigenvalue weighted by Crippen LogP contribution is 2.63. The maximum atomic E-state index is 13.7. The Kier molecular flexibility index (Phi) is 6.51. The van der Waals surface area contributed by atoms with Gasteiger partial charge in [-0.25, -0.2) is 0 Å². The van der Waals surface area contributed by atoms with E-state index in [0.29, 0.717) is 25.1 Å². The fourth-order valence-electron chi connectivity index (χ4n) is 6.05. The van der Waals surface area contributed by atoms with Gasteiger partial charge in [-0.1, -0.05) is 38.0 Å². The zero-order valence-electron chi connectivity index (χ0n) is 19.7. The third-order valence-corrected chi connectivity index (χ3v) is 7.61. The number of nitrogens with zero attached hydrogens (tertiary/aromatic N) is 1. The van der Waals surface area contributed by atoms with Gasteiger partial charge in [-0.05, 0) is 45.2 Å². The van der Waals surface area contributed by atoms with Crippen molar-refractivity contribution in [1.82, 2.24) is 10.2 Å². The van der Waals surface area contributed by atoms with Gasteiger partial charge >= 0.3 is 0 Å². The van der Waals surface area contributed by atoms with Crippen LogP contribution in [0.4, 0.5) is 5.69 Å². The Morgan fingerprint density at radius 2 is 1.94 bits per heavy atom. The van der Waals surface area contributed by atoms with Crippen molar-refractivity contribution >= 4 is 23.4 Å². The van der Waals surface area contributed by atoms with Gasteiger partial charge in [-0.3, -0.25) is 14.4 Å². The molecule has 3 N–H and O–H groups in total. The summed E-state index contributed by atoms with van der Waals surface area (Å²) in [5.41, 5.74) is -1.24. The lowest BCUT2D eigenvalue weighted by molar-refractivity contribution is -0.148. The molecule has 3 fully saturated rings. The number of benzene rings is 1. The molecular formula is C25H35N3O5. The number of aliphatic hydroxyl groups excluding tert-OH is 1. The molecule has 0 aliphatic carbocycles. The highest BCUT2D eigenvalue weighted by Gasteiger charge is 2.78. The quantitative estimate of drug-likeness (QED) is 0.492. The zero-order valence-corrected chi connectivity index (χ0v) is 19.7. The normalized spacial score (nSPS) is 33.2. The molecule has 1 spiro atoms. The highest BCUT2D eigenvalue weighted by atomic mass is 16.5. The molecule has 1 aromatic carbocycles. The number of carbonyl (C=O) groups is 3. The van der Waals surface area contributed by atoms with Crippen molar-refractivity contribution in [2.24, 2.45) is 11.8 Å². The summed E-state index contributed by atoms with van der Waals surface area (Å²) in [4.78, 5) is 42.1. The van der Waals surface area contributed by atoms with Crippen molar-refractivity contribution in [1.29, 1.82) is 0 Å². The Balaban J connectivity index is 1.66. The van der Waals surface area contributed by atoms with Crippen LogP contribution in [0.3, 0.4) is 0 Å². The first-order valence-electron chi connectivity index (χ1n) is 12.1. The van der Waals surface area contributed by atoms with Crippen LogP contribution < -0.4 is 10.6 Å². The summed E-state index contributed by atoms with van der Waals surface area (Å²) >= 11 is 0. The Morgan fingerprint density at radius 3 is 2.61 bits per heavy atom. The van der Waals surface area contributed by atoms with Crippen LogP contribution in [0.25, 0.3) is 0 Å². The number of carbonyl (C=O) groups excluding carboxylic acids is 3. The average Bonchev–Trinajstić information content (AvgIpc) is 3.37. The molecule has 3 heterocycles. The van der Waals surface area contributed by atoms with E-state index in [1.54, 1.807) is 19.1 Å². The van der Waals surface area contributed by atoms with Gasteiger partial charge in [-0.15, -0.1) is 0 Å². The minimum atomic E-state index is -1.07. The molecule has 3 saturated heterocycles. The number of anilines is 1. The summed E-state index contributed by atoms with van der Waals surface area (Å²) in [6.45, 7) is 5.94. The van der Waals surface area contributed by atoms with Crippen molar-refractivity contribution in [3.8, 4) is 0 Å². The maximum absolute atomic E-state index is 13.7. The molecule has 3 aliphatic heterocycles. The van der Waals surface area contributed by atoms with Crippen LogP contribution in [-0.4, -0.2) is 64.2 Å². The average molecular weight is 458 g/mol. The van der Waals surface area contributed by atoms with Gasteiger partial charge in [0.25, 0.3) is 0 Å². The van der Waals surface area contributed by atoms with E-state index in [9.17, 15) is 19.5 Å². The molecule has 0 saturated carbocycles. The number of aliphatic hydroxyl groups is 1. The largest absolute Gasteiger partial charge is 0.394 e. The minimum Gasteiger partial charge on any atom is -0.394 e. The van der Waals surface area contributed by atoms with E-state index in [1.165, 1.54) is 4.90 Å². The third kappa shape index (κ3) is 3.83. The van der Waals surface area contributed by atoms with Crippen molar-refractivity contribution in [3.63, 3.8) is 0 Å². The molecule has 1 aromatic rings. The first-order valence-corrected chi connectivity index (χ1v) is 12.1. The minimum absolute atomic E-state index is 0.268. The molecular weight excluding hydrogens is 422 g/mol. The number of nitrogens with one attached hydrogen (secondary N) is 2. The molecule has 3 amide bonds. The van der Waals surface area contributed by atoms with Gasteiger partial charge in [-0.2, -0.15) is 0 Å². The van der Waals surface area contributed by atoms with E-state index in [2.05, 4.69) is 17.6 Å². The number of para-hydroxylation sites is 1.